The highest BCUT2D eigenvalue weighted by Gasteiger charge is 2.61. The maximum Gasteiger partial charge on any atom is 0.274 e. The molecule has 4 fully saturated rings. The lowest BCUT2D eigenvalue weighted by atomic mass is 9.62. The lowest BCUT2D eigenvalue weighted by Gasteiger charge is -2.41. The quantitative estimate of drug-likeness (QED) is 0.513. The van der Waals surface area contributed by atoms with Crippen LogP contribution in [0.1, 0.15) is 69.1 Å². The summed E-state index contributed by atoms with van der Waals surface area (Å²) in [7, 11) is 0. The molecule has 0 aromatic carbocycles. The van der Waals surface area contributed by atoms with E-state index in [-0.39, 0.29) is 40.7 Å². The molecule has 0 radical (unpaired) electrons. The second kappa shape index (κ2) is 7.83. The molecule has 11 heteroatoms. The smallest absolute Gasteiger partial charge is 0.274 e. The van der Waals surface area contributed by atoms with Crippen molar-refractivity contribution in [2.24, 2.45) is 5.41 Å². The predicted molar refractivity (Wildman–Crippen MR) is 130 cm³/mol. The first-order valence-electron chi connectivity index (χ1n) is 12.4. The number of pyridine rings is 1. The zero-order chi connectivity index (χ0) is 26.3. The van der Waals surface area contributed by atoms with Crippen LogP contribution in [0, 0.1) is 5.41 Å². The van der Waals surface area contributed by atoms with E-state index in [4.69, 9.17) is 14.5 Å². The average molecular weight is 514 g/mol. The lowest BCUT2D eigenvalue weighted by Crippen LogP contribution is -2.45. The van der Waals surface area contributed by atoms with Gasteiger partial charge in [-0.1, -0.05) is 6.92 Å². The number of carbonyl (C=O) groups excluding carboxylic acids is 1. The molecule has 2 saturated heterocycles. The third kappa shape index (κ3) is 3.74. The zero-order valence-corrected chi connectivity index (χ0v) is 21.1. The topological polar surface area (TPSA) is 99.8 Å². The maximum absolute atomic E-state index is 13.4. The molecule has 0 spiro atoms. The molecule has 2 aliphatic heterocycles. The monoisotopic (exact) mass is 513 g/mol. The van der Waals surface area contributed by atoms with Crippen molar-refractivity contribution in [3.8, 4) is 5.88 Å². The van der Waals surface area contributed by atoms with Gasteiger partial charge in [-0.25, -0.2) is 13.8 Å². The number of hydrogen-bond donors (Lipinski definition) is 1. The Morgan fingerprint density at radius 2 is 2.00 bits per heavy atom. The molecule has 2 aliphatic carbocycles. The summed E-state index contributed by atoms with van der Waals surface area (Å²) in [5.41, 5.74) is -1.05. The van der Waals surface area contributed by atoms with Crippen molar-refractivity contribution in [2.45, 2.75) is 76.5 Å². The number of nitrogens with one attached hydrogen (secondary N) is 1. The van der Waals surface area contributed by atoms with Crippen LogP contribution in [-0.4, -0.2) is 49.6 Å². The molecule has 7 rings (SSSR count). The molecule has 37 heavy (non-hydrogen) atoms. The number of halogens is 2. The SMILES string of the molecule is CC(C)Oc1nc2nc(C34COC(C)(C3)C4)cn2cc1C(=O)Nc1cccn(C2CC2(C)C(F)F)c1=O. The Hall–Kier alpha value is -3.34. The molecule has 5 heterocycles. The summed E-state index contributed by atoms with van der Waals surface area (Å²) >= 11 is 0. The molecule has 2 unspecified atom stereocenters. The average Bonchev–Trinajstić information content (AvgIpc) is 3.09. The molecular weight excluding hydrogens is 484 g/mol. The van der Waals surface area contributed by atoms with Crippen molar-refractivity contribution < 1.29 is 23.0 Å². The molecule has 4 aliphatic rings. The van der Waals surface area contributed by atoms with Crippen LogP contribution >= 0.6 is 0 Å². The Balaban J connectivity index is 1.32. The lowest BCUT2D eigenvalue weighted by molar-refractivity contribution is 0.0154. The van der Waals surface area contributed by atoms with Crippen LogP contribution in [0.2, 0.25) is 0 Å². The number of rotatable bonds is 7. The number of amides is 1. The van der Waals surface area contributed by atoms with Gasteiger partial charge >= 0.3 is 0 Å². The minimum Gasteiger partial charge on any atom is -0.474 e. The summed E-state index contributed by atoms with van der Waals surface area (Å²) in [6, 6.07) is 2.40. The van der Waals surface area contributed by atoms with E-state index < -0.39 is 29.3 Å². The Morgan fingerprint density at radius 1 is 1.24 bits per heavy atom. The van der Waals surface area contributed by atoms with Gasteiger partial charge < -0.3 is 19.4 Å². The number of hydrogen-bond acceptors (Lipinski definition) is 6. The first-order chi connectivity index (χ1) is 17.4. The molecule has 1 amide bonds. The van der Waals surface area contributed by atoms with Crippen molar-refractivity contribution >= 4 is 17.4 Å². The van der Waals surface area contributed by atoms with E-state index in [9.17, 15) is 18.4 Å². The van der Waals surface area contributed by atoms with Gasteiger partial charge in [0, 0.05) is 30.0 Å². The first kappa shape index (κ1) is 24.0. The van der Waals surface area contributed by atoms with Gasteiger partial charge in [-0.05, 0) is 52.2 Å². The van der Waals surface area contributed by atoms with Gasteiger partial charge in [0.2, 0.25) is 18.1 Å². The van der Waals surface area contributed by atoms with Gasteiger partial charge in [-0.15, -0.1) is 0 Å². The minimum atomic E-state index is -2.54. The number of fused-ring (bicyclic) bond motifs is 2. The van der Waals surface area contributed by atoms with Crippen molar-refractivity contribution in [3.05, 3.63) is 52.3 Å². The normalized spacial score (nSPS) is 30.1. The number of imidazole rings is 1. The summed E-state index contributed by atoms with van der Waals surface area (Å²) in [6.07, 6.45) is 4.09. The van der Waals surface area contributed by atoms with Crippen LogP contribution in [0.5, 0.6) is 5.88 Å². The van der Waals surface area contributed by atoms with Crippen LogP contribution in [0.4, 0.5) is 14.5 Å². The van der Waals surface area contributed by atoms with Crippen molar-refractivity contribution in [3.63, 3.8) is 0 Å². The predicted octanol–water partition coefficient (Wildman–Crippen LogP) is 3.97. The number of nitrogens with zero attached hydrogens (tertiary/aromatic N) is 4. The highest BCUT2D eigenvalue weighted by Crippen LogP contribution is 2.59. The molecule has 2 saturated carbocycles. The zero-order valence-electron chi connectivity index (χ0n) is 21.1. The molecule has 2 atom stereocenters. The second-order valence-electron chi connectivity index (χ2n) is 11.4. The summed E-state index contributed by atoms with van der Waals surface area (Å²) in [4.78, 5) is 35.6. The van der Waals surface area contributed by atoms with Crippen LogP contribution in [-0.2, 0) is 10.2 Å². The number of carbonyl (C=O) groups is 1. The van der Waals surface area contributed by atoms with Crippen LogP contribution < -0.4 is 15.6 Å². The first-order valence-corrected chi connectivity index (χ1v) is 12.4. The van der Waals surface area contributed by atoms with Crippen LogP contribution in [0.3, 0.4) is 0 Å². The third-order valence-corrected chi connectivity index (χ3v) is 7.96. The number of alkyl halides is 2. The van der Waals surface area contributed by atoms with Gasteiger partial charge in [-0.3, -0.25) is 14.0 Å². The summed E-state index contributed by atoms with van der Waals surface area (Å²) < 4.78 is 41.5. The van der Waals surface area contributed by atoms with E-state index in [0.29, 0.717) is 12.4 Å². The fraction of sp³-hybridized carbons (Fsp3) is 0.538. The van der Waals surface area contributed by atoms with E-state index in [1.807, 2.05) is 20.0 Å². The van der Waals surface area contributed by atoms with Crippen molar-refractivity contribution in [1.29, 1.82) is 0 Å². The number of anilines is 1. The van der Waals surface area contributed by atoms with Crippen LogP contribution in [0.25, 0.3) is 5.78 Å². The summed E-state index contributed by atoms with van der Waals surface area (Å²) in [5, 5.41) is 2.63. The van der Waals surface area contributed by atoms with Gasteiger partial charge in [-0.2, -0.15) is 4.98 Å². The molecule has 1 N–H and O–H groups in total. The molecule has 3 aromatic heterocycles. The van der Waals surface area contributed by atoms with Gasteiger partial charge in [0.05, 0.1) is 29.4 Å². The second-order valence-corrected chi connectivity index (χ2v) is 11.4. The Bertz CT molecular complexity index is 1480. The molecule has 3 aromatic rings. The van der Waals surface area contributed by atoms with E-state index >= 15 is 0 Å². The number of aromatic nitrogens is 4. The summed E-state index contributed by atoms with van der Waals surface area (Å²) in [5.74, 6) is -0.0974. The summed E-state index contributed by atoms with van der Waals surface area (Å²) in [6.45, 7) is 7.79. The molecule has 2 bridgehead atoms. The molecular formula is C26H29F2N5O4. The fourth-order valence-electron chi connectivity index (χ4n) is 5.83. The van der Waals surface area contributed by atoms with Crippen molar-refractivity contribution in [1.82, 2.24) is 18.9 Å². The largest absolute Gasteiger partial charge is 0.474 e. The number of ether oxygens (including phenoxy) is 2. The Labute approximate surface area is 211 Å². The Kier molecular flexibility index (Phi) is 5.08. The molecule has 9 nitrogen and oxygen atoms in total. The maximum atomic E-state index is 13.4. The highest BCUT2D eigenvalue weighted by atomic mass is 19.3. The third-order valence-electron chi connectivity index (χ3n) is 7.96. The molecule has 196 valence electrons. The van der Waals surface area contributed by atoms with Crippen molar-refractivity contribution in [2.75, 3.05) is 11.9 Å². The van der Waals surface area contributed by atoms with E-state index in [1.165, 1.54) is 23.8 Å². The Morgan fingerprint density at radius 3 is 2.62 bits per heavy atom. The van der Waals surface area contributed by atoms with Gasteiger partial charge in [0.1, 0.15) is 11.3 Å². The minimum absolute atomic E-state index is 0.00585. The van der Waals surface area contributed by atoms with E-state index in [1.54, 1.807) is 16.7 Å². The highest BCUT2D eigenvalue weighted by molar-refractivity contribution is 6.05. The van der Waals surface area contributed by atoms with E-state index in [0.717, 1.165) is 18.5 Å². The van der Waals surface area contributed by atoms with Gasteiger partial charge in [0.15, 0.2) is 0 Å². The standard InChI is InChI=1S/C26H29F2N5O4/c1-14(2)37-20-15(9-32-10-17(30-23(32)31-20)26-11-24(3,12-26)36-13-26)19(34)29-16-6-5-7-33(21(16)35)18-8-25(18,4)22(27)28/h5-7,9-10,14,18,22H,8,11-13H2,1-4H3,(H,29,34). The van der Waals surface area contributed by atoms with Gasteiger partial charge in [0.25, 0.3) is 11.5 Å². The van der Waals surface area contributed by atoms with Crippen LogP contribution in [0.15, 0.2) is 35.5 Å². The fourth-order valence-corrected chi connectivity index (χ4v) is 5.83. The van der Waals surface area contributed by atoms with E-state index in [2.05, 4.69) is 17.2 Å².